The van der Waals surface area contributed by atoms with Gasteiger partial charge in [0.1, 0.15) is 11.8 Å². The molecule has 1 aromatic heterocycles. The Kier molecular flexibility index (Phi) is 6.69. The van der Waals surface area contributed by atoms with Crippen LogP contribution in [0.4, 0.5) is 4.79 Å². The summed E-state index contributed by atoms with van der Waals surface area (Å²) in [6, 6.07) is 8.56. The molecule has 1 fully saturated rings. The normalized spacial score (nSPS) is 17.7. The molecule has 0 radical (unpaired) electrons. The molecule has 3 heterocycles. The number of urea groups is 1. The van der Waals surface area contributed by atoms with E-state index in [-0.39, 0.29) is 24.3 Å². The minimum absolute atomic E-state index is 0.208. The molecule has 2 aromatic rings. The Balaban J connectivity index is 1.22. The van der Waals surface area contributed by atoms with Crippen LogP contribution in [0.5, 0.6) is 5.75 Å². The minimum atomic E-state index is -0.639. The molecular weight excluding hydrogens is 432 g/mol. The Morgan fingerprint density at radius 3 is 2.78 bits per heavy atom. The van der Waals surface area contributed by atoms with E-state index >= 15 is 0 Å². The molecule has 32 heavy (non-hydrogen) atoms. The maximum absolute atomic E-state index is 12.7. The lowest BCUT2D eigenvalue weighted by Crippen LogP contribution is -2.52. The van der Waals surface area contributed by atoms with Crippen LogP contribution in [0, 0.1) is 0 Å². The number of ether oxygens (including phenoxy) is 1. The quantitative estimate of drug-likeness (QED) is 0.414. The summed E-state index contributed by atoms with van der Waals surface area (Å²) < 4.78 is 5.59. The van der Waals surface area contributed by atoms with Gasteiger partial charge in [0, 0.05) is 29.8 Å². The Hall–Kier alpha value is -3.40. The number of rotatable bonds is 8. The molecule has 2 aliphatic rings. The van der Waals surface area contributed by atoms with Gasteiger partial charge < -0.3 is 20.3 Å². The van der Waals surface area contributed by atoms with E-state index in [1.807, 2.05) is 30.3 Å². The number of fused-ring (bicyclic) bond motifs is 1. The molecule has 3 N–H and O–H groups in total. The molecule has 4 rings (SSSR count). The molecular formula is C22H24N4O5S. The molecule has 1 unspecified atom stereocenters. The second-order valence-electron chi connectivity index (χ2n) is 7.58. The highest BCUT2D eigenvalue weighted by atomic mass is 32.1. The molecule has 10 heteroatoms. The molecule has 2 aliphatic heterocycles. The number of nitrogens with one attached hydrogen (secondary N) is 3. The van der Waals surface area contributed by atoms with Gasteiger partial charge in [-0.3, -0.25) is 19.7 Å². The van der Waals surface area contributed by atoms with E-state index in [9.17, 15) is 19.2 Å². The fraction of sp³-hybridized carbons (Fsp3) is 0.364. The Bertz CT molecular complexity index is 1020. The van der Waals surface area contributed by atoms with Crippen LogP contribution >= 0.6 is 11.3 Å². The Morgan fingerprint density at radius 1 is 1.19 bits per heavy atom. The number of hydrogen-bond donors (Lipinski definition) is 3. The predicted molar refractivity (Wildman–Crippen MR) is 117 cm³/mol. The van der Waals surface area contributed by atoms with Crippen molar-refractivity contribution in [3.05, 3.63) is 51.7 Å². The third-order valence-corrected chi connectivity index (χ3v) is 6.44. The van der Waals surface area contributed by atoms with Crippen LogP contribution < -0.4 is 20.7 Å². The van der Waals surface area contributed by atoms with Crippen LogP contribution in [0.25, 0.3) is 0 Å². The van der Waals surface area contributed by atoms with E-state index in [0.29, 0.717) is 44.6 Å². The number of carbonyl (C=O) groups excluding carboxylic acids is 4. The summed E-state index contributed by atoms with van der Waals surface area (Å²) >= 11 is 1.41. The summed E-state index contributed by atoms with van der Waals surface area (Å²) in [6.07, 6.45) is 1.22. The number of thiophene rings is 1. The highest BCUT2D eigenvalue weighted by Crippen LogP contribution is 2.33. The Morgan fingerprint density at radius 2 is 2.00 bits per heavy atom. The second-order valence-corrected chi connectivity index (χ2v) is 8.54. The van der Waals surface area contributed by atoms with Crippen molar-refractivity contribution in [3.63, 3.8) is 0 Å². The average Bonchev–Trinajstić information content (AvgIpc) is 3.33. The number of nitrogens with zero attached hydrogens (tertiary/aromatic N) is 1. The first-order valence-electron chi connectivity index (χ1n) is 10.5. The zero-order chi connectivity index (χ0) is 22.5. The topological polar surface area (TPSA) is 117 Å². The van der Waals surface area contributed by atoms with Gasteiger partial charge in [0.25, 0.3) is 5.91 Å². The van der Waals surface area contributed by atoms with Crippen molar-refractivity contribution >= 4 is 35.1 Å². The third-order valence-electron chi connectivity index (χ3n) is 5.41. The summed E-state index contributed by atoms with van der Waals surface area (Å²) in [5, 5.41) is 9.66. The molecule has 9 nitrogen and oxygen atoms in total. The van der Waals surface area contributed by atoms with Crippen molar-refractivity contribution in [2.24, 2.45) is 0 Å². The van der Waals surface area contributed by atoms with Gasteiger partial charge in [-0.25, -0.2) is 4.79 Å². The summed E-state index contributed by atoms with van der Waals surface area (Å²) in [5.41, 5.74) is 1.40. The fourth-order valence-corrected chi connectivity index (χ4v) is 4.73. The zero-order valence-electron chi connectivity index (χ0n) is 17.4. The predicted octanol–water partition coefficient (Wildman–Crippen LogP) is 1.78. The number of hydrogen-bond acceptors (Lipinski definition) is 6. The van der Waals surface area contributed by atoms with E-state index in [1.165, 1.54) is 16.2 Å². The lowest BCUT2D eigenvalue weighted by Gasteiger charge is -2.29. The molecule has 0 aliphatic carbocycles. The average molecular weight is 457 g/mol. The molecule has 1 saturated heterocycles. The highest BCUT2D eigenvalue weighted by Gasteiger charge is 2.40. The number of carbonyl (C=O) groups is 4. The van der Waals surface area contributed by atoms with Gasteiger partial charge in [-0.15, -0.1) is 11.3 Å². The van der Waals surface area contributed by atoms with Crippen LogP contribution in [-0.4, -0.2) is 47.8 Å². The minimum Gasteiger partial charge on any atom is -0.494 e. The summed E-state index contributed by atoms with van der Waals surface area (Å²) in [5.74, 6) is -0.155. The van der Waals surface area contributed by atoms with Gasteiger partial charge in [0.15, 0.2) is 0 Å². The molecule has 1 aromatic carbocycles. The van der Waals surface area contributed by atoms with Crippen LogP contribution in [0.2, 0.25) is 0 Å². The van der Waals surface area contributed by atoms with Gasteiger partial charge in [-0.2, -0.15) is 0 Å². The largest absolute Gasteiger partial charge is 0.494 e. The van der Waals surface area contributed by atoms with E-state index in [1.54, 1.807) is 5.38 Å². The summed E-state index contributed by atoms with van der Waals surface area (Å²) in [4.78, 5) is 50.7. The third kappa shape index (κ3) is 4.91. The number of para-hydroxylation sites is 1. The lowest BCUT2D eigenvalue weighted by molar-refractivity contribution is -0.136. The number of amides is 5. The van der Waals surface area contributed by atoms with E-state index in [0.717, 1.165) is 16.2 Å². The maximum Gasteiger partial charge on any atom is 0.315 e. The van der Waals surface area contributed by atoms with Crippen molar-refractivity contribution in [3.8, 4) is 5.75 Å². The highest BCUT2D eigenvalue weighted by molar-refractivity contribution is 7.10. The van der Waals surface area contributed by atoms with Crippen molar-refractivity contribution in [1.29, 1.82) is 0 Å². The standard InChI is InChI=1S/C22H24N4O5S/c27-19-8-7-17(20(28)25-19)26-12-15-16(21(26)29)13-32-18(15)11-24-22(30)23-9-4-10-31-14-5-2-1-3-6-14/h1-3,5-6,13,17H,4,7-12H2,(H2,23,24,30)(H,25,27,28). The lowest BCUT2D eigenvalue weighted by atomic mass is 10.0. The number of imide groups is 1. The van der Waals surface area contributed by atoms with Crippen molar-refractivity contribution < 1.29 is 23.9 Å². The summed E-state index contributed by atoms with van der Waals surface area (Å²) in [7, 11) is 0. The molecule has 168 valence electrons. The Labute approximate surface area is 189 Å². The molecule has 5 amide bonds. The van der Waals surface area contributed by atoms with Crippen LogP contribution in [0.1, 0.15) is 40.1 Å². The van der Waals surface area contributed by atoms with E-state index < -0.39 is 11.9 Å². The molecule has 0 bridgehead atoms. The van der Waals surface area contributed by atoms with Gasteiger partial charge in [-0.1, -0.05) is 18.2 Å². The monoisotopic (exact) mass is 456 g/mol. The first kappa shape index (κ1) is 21.8. The number of piperidine rings is 1. The maximum atomic E-state index is 12.7. The fourth-order valence-electron chi connectivity index (χ4n) is 3.76. The van der Waals surface area contributed by atoms with Crippen LogP contribution in [0.15, 0.2) is 35.7 Å². The molecule has 0 saturated carbocycles. The molecule has 0 spiro atoms. The van der Waals surface area contributed by atoms with Crippen molar-refractivity contribution in [1.82, 2.24) is 20.9 Å². The summed E-state index contributed by atoms with van der Waals surface area (Å²) in [6.45, 7) is 1.58. The first-order chi connectivity index (χ1) is 15.5. The van der Waals surface area contributed by atoms with Gasteiger partial charge in [0.2, 0.25) is 11.8 Å². The first-order valence-corrected chi connectivity index (χ1v) is 11.3. The van der Waals surface area contributed by atoms with Gasteiger partial charge >= 0.3 is 6.03 Å². The van der Waals surface area contributed by atoms with Crippen LogP contribution in [-0.2, 0) is 22.7 Å². The molecule has 1 atom stereocenters. The van der Waals surface area contributed by atoms with Crippen molar-refractivity contribution in [2.45, 2.75) is 38.4 Å². The van der Waals surface area contributed by atoms with Gasteiger partial charge in [-0.05, 0) is 30.5 Å². The SMILES string of the molecule is O=C1CCC(N2Cc3c(csc3CNC(=O)NCCCOc3ccccc3)C2=O)C(=O)N1. The van der Waals surface area contributed by atoms with E-state index in [4.69, 9.17) is 4.74 Å². The van der Waals surface area contributed by atoms with E-state index in [2.05, 4.69) is 16.0 Å². The van der Waals surface area contributed by atoms with Crippen molar-refractivity contribution in [2.75, 3.05) is 13.2 Å². The smallest absolute Gasteiger partial charge is 0.315 e. The van der Waals surface area contributed by atoms with Gasteiger partial charge in [0.05, 0.1) is 18.7 Å². The van der Waals surface area contributed by atoms with Crippen LogP contribution in [0.3, 0.4) is 0 Å². The zero-order valence-corrected chi connectivity index (χ0v) is 18.2. The number of benzene rings is 1. The second kappa shape index (κ2) is 9.82.